The Morgan fingerprint density at radius 3 is 3.27 bits per heavy atom. The average molecular weight is 203 g/mol. The van der Waals surface area contributed by atoms with E-state index < -0.39 is 0 Å². The van der Waals surface area contributed by atoms with Crippen LogP contribution in [0.25, 0.3) is 5.65 Å². The summed E-state index contributed by atoms with van der Waals surface area (Å²) < 4.78 is 2.03. The fourth-order valence-corrected chi connectivity index (χ4v) is 2.12. The number of rotatable bonds is 1. The Kier molecular flexibility index (Phi) is 2.10. The van der Waals surface area contributed by atoms with Crippen molar-refractivity contribution in [1.29, 1.82) is 0 Å². The number of nitrogens with zero attached hydrogens (tertiary/aromatic N) is 4. The van der Waals surface area contributed by atoms with E-state index in [0.717, 1.165) is 24.6 Å². The molecule has 2 aromatic heterocycles. The lowest BCUT2D eigenvalue weighted by molar-refractivity contribution is 0.444. The third-order valence-corrected chi connectivity index (χ3v) is 2.90. The summed E-state index contributed by atoms with van der Waals surface area (Å²) in [6.07, 6.45) is 7.85. The molecule has 1 aliphatic rings. The maximum absolute atomic E-state index is 4.25. The molecular weight excluding hydrogens is 190 g/mol. The quantitative estimate of drug-likeness (QED) is 0.737. The Bertz CT molecular complexity index is 458. The second-order valence-electron chi connectivity index (χ2n) is 3.91. The van der Waals surface area contributed by atoms with Gasteiger partial charge < -0.3 is 5.32 Å². The first-order chi connectivity index (χ1) is 7.45. The van der Waals surface area contributed by atoms with E-state index in [1.165, 1.54) is 12.8 Å². The van der Waals surface area contributed by atoms with Crippen LogP contribution in [-0.4, -0.2) is 32.7 Å². The second-order valence-corrected chi connectivity index (χ2v) is 3.91. The van der Waals surface area contributed by atoms with E-state index in [4.69, 9.17) is 0 Å². The molecule has 0 radical (unpaired) electrons. The number of hydrogen-bond donors (Lipinski definition) is 1. The predicted molar refractivity (Wildman–Crippen MR) is 55.6 cm³/mol. The lowest BCUT2D eigenvalue weighted by Gasteiger charge is -2.20. The summed E-state index contributed by atoms with van der Waals surface area (Å²) >= 11 is 0. The standard InChI is InChI=1S/C10H13N5/c1-2-8(6-11-3-1)10-14-13-9-7-12-4-5-15(9)10/h4-5,7-8,11H,1-3,6H2/t8-/m0/s1. The van der Waals surface area contributed by atoms with Gasteiger partial charge in [0.1, 0.15) is 5.82 Å². The number of nitrogens with one attached hydrogen (secondary N) is 1. The maximum atomic E-state index is 4.25. The molecule has 5 heteroatoms. The van der Waals surface area contributed by atoms with E-state index in [1.807, 2.05) is 10.6 Å². The Labute approximate surface area is 87.5 Å². The minimum Gasteiger partial charge on any atom is -0.316 e. The molecular formula is C10H13N5. The van der Waals surface area contributed by atoms with Crippen LogP contribution in [0.1, 0.15) is 24.6 Å². The highest BCUT2D eigenvalue weighted by molar-refractivity contribution is 5.34. The fourth-order valence-electron chi connectivity index (χ4n) is 2.12. The van der Waals surface area contributed by atoms with Gasteiger partial charge in [-0.3, -0.25) is 9.38 Å². The van der Waals surface area contributed by atoms with Crippen LogP contribution in [0, 0.1) is 0 Å². The van der Waals surface area contributed by atoms with Gasteiger partial charge in [-0.05, 0) is 19.4 Å². The molecule has 78 valence electrons. The number of aromatic nitrogens is 4. The topological polar surface area (TPSA) is 55.1 Å². The summed E-state index contributed by atoms with van der Waals surface area (Å²) in [6.45, 7) is 2.12. The van der Waals surface area contributed by atoms with Gasteiger partial charge in [0.2, 0.25) is 0 Å². The molecule has 2 aromatic rings. The molecule has 1 N–H and O–H groups in total. The zero-order valence-electron chi connectivity index (χ0n) is 8.43. The first-order valence-corrected chi connectivity index (χ1v) is 5.30. The summed E-state index contributed by atoms with van der Waals surface area (Å²) in [5.74, 6) is 1.54. The zero-order valence-corrected chi connectivity index (χ0v) is 8.43. The molecule has 0 unspecified atom stereocenters. The first kappa shape index (κ1) is 8.79. The van der Waals surface area contributed by atoms with Crippen LogP contribution in [0.5, 0.6) is 0 Å². The summed E-state index contributed by atoms with van der Waals surface area (Å²) in [7, 11) is 0. The van der Waals surface area contributed by atoms with Crippen LogP contribution in [0.2, 0.25) is 0 Å². The van der Waals surface area contributed by atoms with Crippen molar-refractivity contribution in [1.82, 2.24) is 24.9 Å². The zero-order chi connectivity index (χ0) is 10.1. The normalized spacial score (nSPS) is 22.0. The van der Waals surface area contributed by atoms with Gasteiger partial charge in [-0.25, -0.2) is 0 Å². The highest BCUT2D eigenvalue weighted by Crippen LogP contribution is 2.21. The summed E-state index contributed by atoms with van der Waals surface area (Å²) in [4.78, 5) is 4.03. The van der Waals surface area contributed by atoms with E-state index in [-0.39, 0.29) is 0 Å². The van der Waals surface area contributed by atoms with E-state index in [1.54, 1.807) is 12.4 Å². The van der Waals surface area contributed by atoms with E-state index >= 15 is 0 Å². The highest BCUT2D eigenvalue weighted by Gasteiger charge is 2.20. The molecule has 1 aliphatic heterocycles. The molecule has 0 aliphatic carbocycles. The molecule has 1 saturated heterocycles. The summed E-state index contributed by atoms with van der Waals surface area (Å²) in [6, 6.07) is 0. The van der Waals surface area contributed by atoms with Crippen molar-refractivity contribution in [2.24, 2.45) is 0 Å². The van der Waals surface area contributed by atoms with Gasteiger partial charge in [-0.15, -0.1) is 10.2 Å². The Balaban J connectivity index is 2.02. The van der Waals surface area contributed by atoms with Crippen LogP contribution < -0.4 is 5.32 Å². The smallest absolute Gasteiger partial charge is 0.179 e. The third kappa shape index (κ3) is 1.48. The lowest BCUT2D eigenvalue weighted by atomic mass is 9.99. The minimum absolute atomic E-state index is 0.483. The largest absolute Gasteiger partial charge is 0.316 e. The summed E-state index contributed by atoms with van der Waals surface area (Å²) in [5.41, 5.74) is 0.832. The Morgan fingerprint density at radius 1 is 1.40 bits per heavy atom. The van der Waals surface area contributed by atoms with Gasteiger partial charge in [0.05, 0.1) is 6.20 Å². The monoisotopic (exact) mass is 203 g/mol. The first-order valence-electron chi connectivity index (χ1n) is 5.30. The maximum Gasteiger partial charge on any atom is 0.179 e. The van der Waals surface area contributed by atoms with Gasteiger partial charge in [0, 0.05) is 24.9 Å². The number of piperidine rings is 1. The number of fused-ring (bicyclic) bond motifs is 1. The van der Waals surface area contributed by atoms with Crippen LogP contribution >= 0.6 is 0 Å². The van der Waals surface area contributed by atoms with Crippen LogP contribution in [0.4, 0.5) is 0 Å². The number of hydrogen-bond acceptors (Lipinski definition) is 4. The van der Waals surface area contributed by atoms with Gasteiger partial charge in [0.15, 0.2) is 5.65 Å². The fraction of sp³-hybridized carbons (Fsp3) is 0.500. The lowest BCUT2D eigenvalue weighted by Crippen LogP contribution is -2.29. The van der Waals surface area contributed by atoms with Crippen molar-refractivity contribution >= 4 is 5.65 Å². The van der Waals surface area contributed by atoms with Gasteiger partial charge in [-0.2, -0.15) is 0 Å². The van der Waals surface area contributed by atoms with Crippen molar-refractivity contribution in [3.8, 4) is 0 Å². The third-order valence-electron chi connectivity index (χ3n) is 2.90. The van der Waals surface area contributed by atoms with Crippen molar-refractivity contribution in [3.05, 3.63) is 24.4 Å². The SMILES string of the molecule is c1cn2c([C@H]3CCCNC3)nnc2cn1. The van der Waals surface area contributed by atoms with Gasteiger partial charge in [0.25, 0.3) is 0 Å². The molecule has 1 fully saturated rings. The molecule has 5 nitrogen and oxygen atoms in total. The Morgan fingerprint density at radius 2 is 2.40 bits per heavy atom. The predicted octanol–water partition coefficient (Wildman–Crippen LogP) is 0.591. The molecule has 0 saturated carbocycles. The molecule has 1 atom stereocenters. The molecule has 0 aromatic carbocycles. The van der Waals surface area contributed by atoms with Crippen LogP contribution in [0.15, 0.2) is 18.6 Å². The molecule has 0 spiro atoms. The van der Waals surface area contributed by atoms with Crippen molar-refractivity contribution < 1.29 is 0 Å². The van der Waals surface area contributed by atoms with Gasteiger partial charge in [-0.1, -0.05) is 0 Å². The van der Waals surface area contributed by atoms with E-state index in [0.29, 0.717) is 5.92 Å². The molecule has 0 bridgehead atoms. The average Bonchev–Trinajstić information content (AvgIpc) is 2.74. The molecule has 3 rings (SSSR count). The minimum atomic E-state index is 0.483. The second kappa shape index (κ2) is 3.58. The van der Waals surface area contributed by atoms with Crippen molar-refractivity contribution in [2.75, 3.05) is 13.1 Å². The van der Waals surface area contributed by atoms with Gasteiger partial charge >= 0.3 is 0 Å². The van der Waals surface area contributed by atoms with Crippen LogP contribution in [-0.2, 0) is 0 Å². The van der Waals surface area contributed by atoms with Crippen LogP contribution in [0.3, 0.4) is 0 Å². The molecule has 0 amide bonds. The highest BCUT2D eigenvalue weighted by atomic mass is 15.3. The van der Waals surface area contributed by atoms with Crippen molar-refractivity contribution in [2.45, 2.75) is 18.8 Å². The van der Waals surface area contributed by atoms with E-state index in [2.05, 4.69) is 20.5 Å². The Hall–Kier alpha value is -1.49. The molecule has 3 heterocycles. The van der Waals surface area contributed by atoms with E-state index in [9.17, 15) is 0 Å². The summed E-state index contributed by atoms with van der Waals surface area (Å²) in [5, 5.41) is 11.8. The molecule has 15 heavy (non-hydrogen) atoms. The van der Waals surface area contributed by atoms with Crippen molar-refractivity contribution in [3.63, 3.8) is 0 Å².